The minimum Gasteiger partial charge on any atom is -0.292 e. The Morgan fingerprint density at radius 3 is 2.72 bits per heavy atom. The first kappa shape index (κ1) is 11.4. The first-order valence-corrected chi connectivity index (χ1v) is 6.59. The van der Waals surface area contributed by atoms with Gasteiger partial charge in [0.05, 0.1) is 6.20 Å². The van der Waals surface area contributed by atoms with Crippen LogP contribution >= 0.6 is 0 Å². The summed E-state index contributed by atoms with van der Waals surface area (Å²) in [6.45, 7) is 1.86. The second-order valence-electron chi connectivity index (χ2n) is 5.13. The zero-order chi connectivity index (χ0) is 12.7. The van der Waals surface area contributed by atoms with E-state index < -0.39 is 0 Å². The summed E-state index contributed by atoms with van der Waals surface area (Å²) in [5, 5.41) is 0. The van der Waals surface area contributed by atoms with E-state index in [0.717, 1.165) is 29.8 Å². The van der Waals surface area contributed by atoms with Gasteiger partial charge in [-0.2, -0.15) is 0 Å². The molecule has 0 amide bonds. The number of imidazole rings is 1. The lowest BCUT2D eigenvalue weighted by Gasteiger charge is -2.22. The van der Waals surface area contributed by atoms with Crippen LogP contribution in [0.4, 0.5) is 0 Å². The Morgan fingerprint density at radius 2 is 2.00 bits per heavy atom. The fraction of sp³-hybridized carbons (Fsp3) is 0.615. The third-order valence-electron chi connectivity index (χ3n) is 3.89. The molecular formula is C13H18N4O. The SMILES string of the molecule is Cc1ncc2c(n1)n(C1CCCCC1)c(=O)n2C. The Morgan fingerprint density at radius 1 is 1.28 bits per heavy atom. The first-order valence-electron chi connectivity index (χ1n) is 6.59. The monoisotopic (exact) mass is 246 g/mol. The molecule has 1 saturated carbocycles. The Balaban J connectivity index is 2.23. The van der Waals surface area contributed by atoms with E-state index in [0.29, 0.717) is 6.04 Å². The molecule has 0 bridgehead atoms. The van der Waals surface area contributed by atoms with Crippen molar-refractivity contribution in [2.24, 2.45) is 7.05 Å². The molecule has 3 rings (SSSR count). The number of fused-ring (bicyclic) bond motifs is 1. The standard InChI is InChI=1S/C13H18N4O/c1-9-14-8-11-12(15-9)17(13(18)16(11)2)10-6-4-3-5-7-10/h8,10H,3-7H2,1-2H3. The van der Waals surface area contributed by atoms with E-state index in [1.807, 2.05) is 11.5 Å². The van der Waals surface area contributed by atoms with Gasteiger partial charge in [-0.1, -0.05) is 19.3 Å². The highest BCUT2D eigenvalue weighted by atomic mass is 16.1. The topological polar surface area (TPSA) is 52.7 Å². The normalized spacial score (nSPS) is 17.4. The summed E-state index contributed by atoms with van der Waals surface area (Å²) < 4.78 is 3.53. The number of aryl methyl sites for hydroxylation is 2. The molecule has 0 spiro atoms. The van der Waals surface area contributed by atoms with Crippen molar-refractivity contribution in [3.63, 3.8) is 0 Å². The molecule has 0 radical (unpaired) electrons. The second-order valence-corrected chi connectivity index (χ2v) is 5.13. The highest BCUT2D eigenvalue weighted by Gasteiger charge is 2.22. The largest absolute Gasteiger partial charge is 0.330 e. The van der Waals surface area contributed by atoms with Crippen LogP contribution in [0.3, 0.4) is 0 Å². The minimum absolute atomic E-state index is 0.0387. The van der Waals surface area contributed by atoms with Gasteiger partial charge in [0.15, 0.2) is 5.65 Å². The van der Waals surface area contributed by atoms with Crippen molar-refractivity contribution in [1.82, 2.24) is 19.1 Å². The molecule has 96 valence electrons. The highest BCUT2D eigenvalue weighted by molar-refractivity contribution is 5.70. The molecule has 0 unspecified atom stereocenters. The van der Waals surface area contributed by atoms with Crippen LogP contribution in [0.25, 0.3) is 11.2 Å². The zero-order valence-electron chi connectivity index (χ0n) is 10.9. The molecule has 1 aliphatic rings. The number of hydrogen-bond acceptors (Lipinski definition) is 3. The number of aromatic nitrogens is 4. The summed E-state index contributed by atoms with van der Waals surface area (Å²) in [5.74, 6) is 0.720. The molecular weight excluding hydrogens is 228 g/mol. The lowest BCUT2D eigenvalue weighted by atomic mass is 9.95. The van der Waals surface area contributed by atoms with Crippen LogP contribution in [-0.2, 0) is 7.05 Å². The van der Waals surface area contributed by atoms with E-state index in [2.05, 4.69) is 9.97 Å². The van der Waals surface area contributed by atoms with Crippen LogP contribution < -0.4 is 5.69 Å². The van der Waals surface area contributed by atoms with Gasteiger partial charge >= 0.3 is 5.69 Å². The molecule has 0 N–H and O–H groups in total. The van der Waals surface area contributed by atoms with Gasteiger partial charge in [-0.3, -0.25) is 9.13 Å². The average molecular weight is 246 g/mol. The molecule has 5 nitrogen and oxygen atoms in total. The second kappa shape index (κ2) is 4.23. The summed E-state index contributed by atoms with van der Waals surface area (Å²) in [5.41, 5.74) is 1.66. The molecule has 0 atom stereocenters. The Hall–Kier alpha value is -1.65. The third kappa shape index (κ3) is 1.65. The lowest BCUT2D eigenvalue weighted by molar-refractivity contribution is 0.350. The number of nitrogens with zero attached hydrogens (tertiary/aromatic N) is 4. The third-order valence-corrected chi connectivity index (χ3v) is 3.89. The smallest absolute Gasteiger partial charge is 0.292 e. The molecule has 0 saturated heterocycles. The summed E-state index contributed by atoms with van der Waals surface area (Å²) in [7, 11) is 1.79. The maximum absolute atomic E-state index is 12.4. The van der Waals surface area contributed by atoms with Gasteiger partial charge in [0.25, 0.3) is 0 Å². The number of hydrogen-bond donors (Lipinski definition) is 0. The van der Waals surface area contributed by atoms with Crippen molar-refractivity contribution in [3.05, 3.63) is 22.5 Å². The van der Waals surface area contributed by atoms with E-state index in [1.54, 1.807) is 17.8 Å². The molecule has 0 aromatic carbocycles. The molecule has 2 aromatic heterocycles. The minimum atomic E-state index is 0.0387. The van der Waals surface area contributed by atoms with Crippen molar-refractivity contribution >= 4 is 11.2 Å². The van der Waals surface area contributed by atoms with Gasteiger partial charge in [0.1, 0.15) is 11.3 Å². The lowest BCUT2D eigenvalue weighted by Crippen LogP contribution is -2.27. The predicted octanol–water partition coefficient (Wildman–Crippen LogP) is 1.94. The van der Waals surface area contributed by atoms with Crippen LogP contribution in [0.5, 0.6) is 0 Å². The maximum Gasteiger partial charge on any atom is 0.330 e. The van der Waals surface area contributed by atoms with Crippen LogP contribution in [0.1, 0.15) is 44.0 Å². The fourth-order valence-corrected chi connectivity index (χ4v) is 2.89. The Kier molecular flexibility index (Phi) is 2.69. The van der Waals surface area contributed by atoms with Crippen molar-refractivity contribution in [2.45, 2.75) is 45.1 Å². The van der Waals surface area contributed by atoms with E-state index in [-0.39, 0.29) is 5.69 Å². The molecule has 1 aliphatic carbocycles. The van der Waals surface area contributed by atoms with Crippen LogP contribution in [0, 0.1) is 6.92 Å². The van der Waals surface area contributed by atoms with Gasteiger partial charge in [-0.15, -0.1) is 0 Å². The molecule has 5 heteroatoms. The van der Waals surface area contributed by atoms with E-state index in [4.69, 9.17) is 0 Å². The van der Waals surface area contributed by atoms with Gasteiger partial charge < -0.3 is 0 Å². The van der Waals surface area contributed by atoms with Crippen molar-refractivity contribution in [1.29, 1.82) is 0 Å². The quantitative estimate of drug-likeness (QED) is 0.772. The van der Waals surface area contributed by atoms with Crippen molar-refractivity contribution in [2.75, 3.05) is 0 Å². The van der Waals surface area contributed by atoms with Gasteiger partial charge in [-0.05, 0) is 19.8 Å². The van der Waals surface area contributed by atoms with Crippen molar-refractivity contribution < 1.29 is 0 Å². The van der Waals surface area contributed by atoms with Crippen LogP contribution in [0.2, 0.25) is 0 Å². The molecule has 2 heterocycles. The molecule has 2 aromatic rings. The predicted molar refractivity (Wildman–Crippen MR) is 69.6 cm³/mol. The summed E-state index contributed by atoms with van der Waals surface area (Å²) in [6.07, 6.45) is 7.61. The van der Waals surface area contributed by atoms with E-state index in [9.17, 15) is 4.79 Å². The Labute approximate surface area is 105 Å². The van der Waals surface area contributed by atoms with E-state index in [1.165, 1.54) is 19.3 Å². The van der Waals surface area contributed by atoms with E-state index >= 15 is 0 Å². The summed E-state index contributed by atoms with van der Waals surface area (Å²) >= 11 is 0. The van der Waals surface area contributed by atoms with Gasteiger partial charge in [-0.25, -0.2) is 14.8 Å². The van der Waals surface area contributed by atoms with Crippen LogP contribution in [0.15, 0.2) is 11.0 Å². The summed E-state index contributed by atoms with van der Waals surface area (Å²) in [6, 6.07) is 0.309. The van der Waals surface area contributed by atoms with Gasteiger partial charge in [0.2, 0.25) is 0 Å². The first-order chi connectivity index (χ1) is 8.68. The highest BCUT2D eigenvalue weighted by Crippen LogP contribution is 2.29. The van der Waals surface area contributed by atoms with Gasteiger partial charge in [0, 0.05) is 13.1 Å². The van der Waals surface area contributed by atoms with Crippen LogP contribution in [-0.4, -0.2) is 19.1 Å². The number of rotatable bonds is 1. The maximum atomic E-state index is 12.4. The average Bonchev–Trinajstić information content (AvgIpc) is 2.63. The Bertz CT molecular complexity index is 634. The molecule has 1 fully saturated rings. The fourth-order valence-electron chi connectivity index (χ4n) is 2.89. The molecule has 18 heavy (non-hydrogen) atoms. The summed E-state index contributed by atoms with van der Waals surface area (Å²) in [4.78, 5) is 21.0. The zero-order valence-corrected chi connectivity index (χ0v) is 10.9. The molecule has 0 aliphatic heterocycles. The van der Waals surface area contributed by atoms with Crippen molar-refractivity contribution in [3.8, 4) is 0 Å².